The number of hydrogen-bond acceptors (Lipinski definition) is 3. The second-order valence-electron chi connectivity index (χ2n) is 5.19. The molecule has 118 valence electrons. The molecule has 2 rings (SSSR count). The Kier molecular flexibility index (Phi) is 6.25. The third kappa shape index (κ3) is 4.47. The minimum Gasteiger partial charge on any atom is -0.493 e. The van der Waals surface area contributed by atoms with E-state index in [9.17, 15) is 5.11 Å². The van der Waals surface area contributed by atoms with Crippen LogP contribution in [0.25, 0.3) is 0 Å². The number of nitrogens with one attached hydrogen (secondary N) is 1. The van der Waals surface area contributed by atoms with E-state index in [4.69, 9.17) is 16.3 Å². The van der Waals surface area contributed by atoms with E-state index in [0.717, 1.165) is 22.4 Å². The Bertz CT molecular complexity index is 616. The molecular formula is C18H22ClNO2. The lowest BCUT2D eigenvalue weighted by Gasteiger charge is -2.17. The molecule has 0 heterocycles. The zero-order valence-corrected chi connectivity index (χ0v) is 13.7. The Morgan fingerprint density at radius 1 is 1.23 bits per heavy atom. The summed E-state index contributed by atoms with van der Waals surface area (Å²) in [7, 11) is 0. The summed E-state index contributed by atoms with van der Waals surface area (Å²) >= 11 is 6.02. The van der Waals surface area contributed by atoms with Gasteiger partial charge in [-0.25, -0.2) is 0 Å². The van der Waals surface area contributed by atoms with Gasteiger partial charge < -0.3 is 15.2 Å². The Labute approximate surface area is 136 Å². The lowest BCUT2D eigenvalue weighted by molar-refractivity contribution is 0.281. The Hall–Kier alpha value is -1.55. The SMILES string of the molecule is CCOc1cc(Cl)ccc1CNC(C)c1cccc(CO)c1. The number of halogens is 1. The maximum atomic E-state index is 9.22. The van der Waals surface area contributed by atoms with E-state index in [1.54, 1.807) is 0 Å². The second-order valence-corrected chi connectivity index (χ2v) is 5.63. The van der Waals surface area contributed by atoms with Crippen LogP contribution < -0.4 is 10.1 Å². The Morgan fingerprint density at radius 3 is 2.77 bits per heavy atom. The summed E-state index contributed by atoms with van der Waals surface area (Å²) in [6.07, 6.45) is 0. The molecule has 2 aromatic rings. The van der Waals surface area contributed by atoms with Crippen LogP contribution in [0.15, 0.2) is 42.5 Å². The molecule has 0 spiro atoms. The molecule has 0 aromatic heterocycles. The first-order chi connectivity index (χ1) is 10.6. The van der Waals surface area contributed by atoms with Crippen molar-refractivity contribution in [2.24, 2.45) is 0 Å². The molecule has 0 saturated carbocycles. The van der Waals surface area contributed by atoms with Crippen LogP contribution in [0, 0.1) is 0 Å². The van der Waals surface area contributed by atoms with Crippen LogP contribution in [0.2, 0.25) is 5.02 Å². The fourth-order valence-electron chi connectivity index (χ4n) is 2.31. The van der Waals surface area contributed by atoms with Gasteiger partial charge in [-0.1, -0.05) is 41.9 Å². The molecule has 3 nitrogen and oxygen atoms in total. The first kappa shape index (κ1) is 16.8. The minimum atomic E-state index is 0.0617. The first-order valence-electron chi connectivity index (χ1n) is 7.48. The van der Waals surface area contributed by atoms with Crippen molar-refractivity contribution in [1.82, 2.24) is 5.32 Å². The van der Waals surface area contributed by atoms with Crippen LogP contribution in [0.3, 0.4) is 0 Å². The van der Waals surface area contributed by atoms with E-state index in [1.165, 1.54) is 0 Å². The Balaban J connectivity index is 2.05. The molecule has 0 saturated heterocycles. The average Bonchev–Trinajstić information content (AvgIpc) is 2.54. The number of benzene rings is 2. The second kappa shape index (κ2) is 8.18. The smallest absolute Gasteiger partial charge is 0.125 e. The predicted molar refractivity (Wildman–Crippen MR) is 90.2 cm³/mol. The summed E-state index contributed by atoms with van der Waals surface area (Å²) in [4.78, 5) is 0. The monoisotopic (exact) mass is 319 g/mol. The van der Waals surface area contributed by atoms with Crippen molar-refractivity contribution in [2.45, 2.75) is 33.0 Å². The van der Waals surface area contributed by atoms with Crippen molar-refractivity contribution in [3.8, 4) is 5.75 Å². The standard InChI is InChI=1S/C18H22ClNO2/c1-3-22-18-10-17(19)8-7-16(18)11-20-13(2)15-6-4-5-14(9-15)12-21/h4-10,13,20-21H,3,11-12H2,1-2H3. The lowest BCUT2D eigenvalue weighted by atomic mass is 10.0. The third-order valence-electron chi connectivity index (χ3n) is 3.56. The number of ether oxygens (including phenoxy) is 1. The van der Waals surface area contributed by atoms with Gasteiger partial charge in [-0.15, -0.1) is 0 Å². The fourth-order valence-corrected chi connectivity index (χ4v) is 2.47. The van der Waals surface area contributed by atoms with E-state index in [1.807, 2.05) is 43.3 Å². The molecule has 0 aliphatic heterocycles. The third-order valence-corrected chi connectivity index (χ3v) is 3.80. The van der Waals surface area contributed by atoms with Crippen molar-refractivity contribution >= 4 is 11.6 Å². The molecule has 0 aliphatic carbocycles. The van der Waals surface area contributed by atoms with Gasteiger partial charge in [0.2, 0.25) is 0 Å². The molecule has 0 bridgehead atoms. The largest absolute Gasteiger partial charge is 0.493 e. The molecule has 0 radical (unpaired) electrons. The summed E-state index contributed by atoms with van der Waals surface area (Å²) < 4.78 is 5.63. The van der Waals surface area contributed by atoms with Crippen molar-refractivity contribution in [3.63, 3.8) is 0 Å². The molecule has 0 aliphatic rings. The molecule has 1 atom stereocenters. The summed E-state index contributed by atoms with van der Waals surface area (Å²) in [5.41, 5.74) is 3.16. The zero-order chi connectivity index (χ0) is 15.9. The average molecular weight is 320 g/mol. The highest BCUT2D eigenvalue weighted by Gasteiger charge is 2.09. The summed E-state index contributed by atoms with van der Waals surface area (Å²) in [5, 5.41) is 13.4. The highest BCUT2D eigenvalue weighted by atomic mass is 35.5. The van der Waals surface area contributed by atoms with Crippen molar-refractivity contribution in [3.05, 3.63) is 64.2 Å². The maximum absolute atomic E-state index is 9.22. The number of hydrogen-bond donors (Lipinski definition) is 2. The van der Waals surface area contributed by atoms with E-state index >= 15 is 0 Å². The molecule has 2 N–H and O–H groups in total. The number of rotatable bonds is 7. The van der Waals surface area contributed by atoms with Gasteiger partial charge in [0.15, 0.2) is 0 Å². The van der Waals surface area contributed by atoms with Crippen LogP contribution in [0.5, 0.6) is 5.75 Å². The van der Waals surface area contributed by atoms with Crippen LogP contribution in [0.4, 0.5) is 0 Å². The zero-order valence-electron chi connectivity index (χ0n) is 13.0. The number of aliphatic hydroxyl groups excluding tert-OH is 1. The topological polar surface area (TPSA) is 41.5 Å². The summed E-state index contributed by atoms with van der Waals surface area (Å²) in [6, 6.07) is 13.8. The summed E-state index contributed by atoms with van der Waals surface area (Å²) in [5.74, 6) is 0.818. The van der Waals surface area contributed by atoms with Gasteiger partial charge in [0.1, 0.15) is 5.75 Å². The van der Waals surface area contributed by atoms with Crippen molar-refractivity contribution in [2.75, 3.05) is 6.61 Å². The molecule has 0 amide bonds. The van der Waals surface area contributed by atoms with E-state index < -0.39 is 0 Å². The van der Waals surface area contributed by atoms with Gasteiger partial charge in [0, 0.05) is 23.2 Å². The van der Waals surface area contributed by atoms with Crippen molar-refractivity contribution in [1.29, 1.82) is 0 Å². The molecule has 0 fully saturated rings. The summed E-state index contributed by atoms with van der Waals surface area (Å²) in [6.45, 7) is 5.43. The minimum absolute atomic E-state index is 0.0617. The van der Waals surface area contributed by atoms with Crippen LogP contribution >= 0.6 is 11.6 Å². The molecule has 4 heteroatoms. The van der Waals surface area contributed by atoms with Crippen molar-refractivity contribution < 1.29 is 9.84 Å². The van der Waals surface area contributed by atoms with Crippen LogP contribution in [-0.2, 0) is 13.2 Å². The number of aliphatic hydroxyl groups is 1. The highest BCUT2D eigenvalue weighted by Crippen LogP contribution is 2.24. The van der Waals surface area contributed by atoms with E-state index in [-0.39, 0.29) is 12.6 Å². The first-order valence-corrected chi connectivity index (χ1v) is 7.86. The molecule has 22 heavy (non-hydrogen) atoms. The van der Waals surface area contributed by atoms with Crippen LogP contribution in [-0.4, -0.2) is 11.7 Å². The molecule has 1 unspecified atom stereocenters. The molecular weight excluding hydrogens is 298 g/mol. The van der Waals surface area contributed by atoms with E-state index in [0.29, 0.717) is 18.2 Å². The lowest BCUT2D eigenvalue weighted by Crippen LogP contribution is -2.18. The van der Waals surface area contributed by atoms with Gasteiger partial charge >= 0.3 is 0 Å². The Morgan fingerprint density at radius 2 is 2.05 bits per heavy atom. The highest BCUT2D eigenvalue weighted by molar-refractivity contribution is 6.30. The predicted octanol–water partition coefficient (Wildman–Crippen LogP) is 4.08. The normalized spacial score (nSPS) is 12.2. The van der Waals surface area contributed by atoms with Gasteiger partial charge in [0.25, 0.3) is 0 Å². The van der Waals surface area contributed by atoms with Gasteiger partial charge in [-0.05, 0) is 37.1 Å². The van der Waals surface area contributed by atoms with Gasteiger partial charge in [-0.3, -0.25) is 0 Å². The quantitative estimate of drug-likeness (QED) is 0.808. The van der Waals surface area contributed by atoms with E-state index in [2.05, 4.69) is 18.3 Å². The van der Waals surface area contributed by atoms with Gasteiger partial charge in [0.05, 0.1) is 13.2 Å². The molecule has 2 aromatic carbocycles. The maximum Gasteiger partial charge on any atom is 0.125 e. The van der Waals surface area contributed by atoms with Gasteiger partial charge in [-0.2, -0.15) is 0 Å². The van der Waals surface area contributed by atoms with Crippen LogP contribution in [0.1, 0.15) is 36.6 Å². The fraction of sp³-hybridized carbons (Fsp3) is 0.333.